The molecular formula is C18H23ClIN3O2S. The number of guanidine groups is 1. The topological polar surface area (TPSA) is 65.9 Å². The van der Waals surface area contributed by atoms with Gasteiger partial charge >= 0.3 is 0 Å². The first-order valence-electron chi connectivity index (χ1n) is 8.37. The predicted octanol–water partition coefficient (Wildman–Crippen LogP) is 4.13. The van der Waals surface area contributed by atoms with Gasteiger partial charge in [-0.1, -0.05) is 29.8 Å². The lowest BCUT2D eigenvalue weighted by atomic mass is 10.0. The Kier molecular flexibility index (Phi) is 8.46. The van der Waals surface area contributed by atoms with Gasteiger partial charge in [-0.25, -0.2) is 0 Å². The van der Waals surface area contributed by atoms with Crippen molar-refractivity contribution in [3.05, 3.63) is 51.2 Å². The minimum atomic E-state index is -0.657. The molecule has 2 unspecified atom stereocenters. The molecule has 0 spiro atoms. The van der Waals surface area contributed by atoms with Gasteiger partial charge in [-0.2, -0.15) is 0 Å². The third-order valence-electron chi connectivity index (χ3n) is 3.96. The highest BCUT2D eigenvalue weighted by molar-refractivity contribution is 14.0. The number of para-hydroxylation sites is 1. The van der Waals surface area contributed by atoms with Gasteiger partial charge in [-0.05, 0) is 25.1 Å². The maximum Gasteiger partial charge on any atom is 0.191 e. The van der Waals surface area contributed by atoms with Gasteiger partial charge in [0.15, 0.2) is 5.96 Å². The standard InChI is InChI=1S/C18H22ClN3O2S.HI/c1-2-20-18(21-11-14(23)16-7-8-17(19)25-16)22-13-9-10-24-15-6-4-3-5-12(13)15;/h3-8,13-14,23H,2,9-11H2,1H3,(H2,20,21,22);1H. The largest absolute Gasteiger partial charge is 0.493 e. The molecule has 1 aliphatic rings. The Balaban J connectivity index is 0.00000243. The van der Waals surface area contributed by atoms with Gasteiger partial charge in [-0.3, -0.25) is 4.99 Å². The van der Waals surface area contributed by atoms with E-state index in [9.17, 15) is 5.11 Å². The molecular weight excluding hydrogens is 485 g/mol. The van der Waals surface area contributed by atoms with Crippen LogP contribution >= 0.6 is 46.9 Å². The Morgan fingerprint density at radius 3 is 2.92 bits per heavy atom. The summed E-state index contributed by atoms with van der Waals surface area (Å²) in [7, 11) is 0. The number of rotatable bonds is 5. The van der Waals surface area contributed by atoms with Crippen LogP contribution in [0.4, 0.5) is 0 Å². The summed E-state index contributed by atoms with van der Waals surface area (Å²) in [6.45, 7) is 3.71. The van der Waals surface area contributed by atoms with Crippen molar-refractivity contribution >= 4 is 52.9 Å². The zero-order valence-corrected chi connectivity index (χ0v) is 18.3. The van der Waals surface area contributed by atoms with Crippen molar-refractivity contribution in [3.8, 4) is 5.75 Å². The quantitative estimate of drug-likeness (QED) is 0.323. The second kappa shape index (κ2) is 10.3. The molecule has 3 N–H and O–H groups in total. The van der Waals surface area contributed by atoms with Crippen LogP contribution in [-0.2, 0) is 0 Å². The number of halogens is 2. The Morgan fingerprint density at radius 2 is 2.19 bits per heavy atom. The first-order valence-corrected chi connectivity index (χ1v) is 9.56. The zero-order valence-electron chi connectivity index (χ0n) is 14.4. The molecule has 1 aliphatic heterocycles. The monoisotopic (exact) mass is 507 g/mol. The van der Waals surface area contributed by atoms with Crippen LogP contribution in [0.25, 0.3) is 0 Å². The second-order valence-electron chi connectivity index (χ2n) is 5.75. The third kappa shape index (κ3) is 5.48. The molecule has 1 aromatic carbocycles. The number of aliphatic hydroxyl groups is 1. The fraction of sp³-hybridized carbons (Fsp3) is 0.389. The first kappa shape index (κ1) is 21.3. The molecule has 1 aromatic heterocycles. The Labute approximate surface area is 179 Å². The summed E-state index contributed by atoms with van der Waals surface area (Å²) in [4.78, 5) is 5.35. The van der Waals surface area contributed by atoms with E-state index in [1.807, 2.05) is 31.2 Å². The molecule has 0 bridgehead atoms. The molecule has 0 saturated heterocycles. The van der Waals surface area contributed by atoms with Crippen molar-refractivity contribution in [2.45, 2.75) is 25.5 Å². The van der Waals surface area contributed by atoms with Crippen molar-refractivity contribution in [2.75, 3.05) is 19.7 Å². The molecule has 2 atom stereocenters. The number of nitrogens with zero attached hydrogens (tertiary/aromatic N) is 1. The Morgan fingerprint density at radius 1 is 1.38 bits per heavy atom. The summed E-state index contributed by atoms with van der Waals surface area (Å²) < 4.78 is 6.37. The molecule has 0 saturated carbocycles. The normalized spacial score (nSPS) is 17.5. The van der Waals surface area contributed by atoms with E-state index in [0.29, 0.717) is 16.9 Å². The van der Waals surface area contributed by atoms with E-state index in [4.69, 9.17) is 16.3 Å². The van der Waals surface area contributed by atoms with Crippen molar-refractivity contribution in [1.82, 2.24) is 10.6 Å². The van der Waals surface area contributed by atoms with Crippen LogP contribution in [0, 0.1) is 0 Å². The van der Waals surface area contributed by atoms with Crippen LogP contribution < -0.4 is 15.4 Å². The smallest absolute Gasteiger partial charge is 0.191 e. The average Bonchev–Trinajstić information content (AvgIpc) is 3.06. The minimum absolute atomic E-state index is 0. The lowest BCUT2D eigenvalue weighted by Gasteiger charge is -2.28. The molecule has 26 heavy (non-hydrogen) atoms. The zero-order chi connectivity index (χ0) is 17.6. The number of benzene rings is 1. The molecule has 0 radical (unpaired) electrons. The van der Waals surface area contributed by atoms with Crippen LogP contribution in [0.15, 0.2) is 41.4 Å². The van der Waals surface area contributed by atoms with E-state index in [0.717, 1.165) is 29.2 Å². The molecule has 2 heterocycles. The van der Waals surface area contributed by atoms with Gasteiger partial charge < -0.3 is 20.5 Å². The summed E-state index contributed by atoms with van der Waals surface area (Å²) in [5.41, 5.74) is 1.13. The van der Waals surface area contributed by atoms with Crippen LogP contribution in [0.5, 0.6) is 5.75 Å². The molecule has 0 aliphatic carbocycles. The van der Waals surface area contributed by atoms with Gasteiger partial charge in [0, 0.05) is 23.4 Å². The van der Waals surface area contributed by atoms with Crippen molar-refractivity contribution in [3.63, 3.8) is 0 Å². The average molecular weight is 508 g/mol. The Hall–Kier alpha value is -1.03. The molecule has 5 nitrogen and oxygen atoms in total. The fourth-order valence-electron chi connectivity index (χ4n) is 2.75. The van der Waals surface area contributed by atoms with E-state index >= 15 is 0 Å². The molecule has 8 heteroatoms. The summed E-state index contributed by atoms with van der Waals surface area (Å²) >= 11 is 7.30. The van der Waals surface area contributed by atoms with Gasteiger partial charge in [0.2, 0.25) is 0 Å². The lowest BCUT2D eigenvalue weighted by molar-refractivity contribution is 0.191. The number of fused-ring (bicyclic) bond motifs is 1. The van der Waals surface area contributed by atoms with E-state index < -0.39 is 6.10 Å². The van der Waals surface area contributed by atoms with E-state index in [1.165, 1.54) is 11.3 Å². The van der Waals surface area contributed by atoms with Crippen LogP contribution in [0.1, 0.15) is 35.9 Å². The predicted molar refractivity (Wildman–Crippen MR) is 118 cm³/mol. The van der Waals surface area contributed by atoms with Gasteiger partial charge in [-0.15, -0.1) is 35.3 Å². The highest BCUT2D eigenvalue weighted by Gasteiger charge is 2.22. The maximum absolute atomic E-state index is 10.3. The van der Waals surface area contributed by atoms with Gasteiger partial charge in [0.25, 0.3) is 0 Å². The summed E-state index contributed by atoms with van der Waals surface area (Å²) in [5, 5.41) is 17.0. The maximum atomic E-state index is 10.3. The van der Waals surface area contributed by atoms with Crippen molar-refractivity contribution < 1.29 is 9.84 Å². The number of hydrogen-bond donors (Lipinski definition) is 3. The molecule has 0 fully saturated rings. The second-order valence-corrected chi connectivity index (χ2v) is 7.50. The number of hydrogen-bond acceptors (Lipinski definition) is 4. The SMILES string of the molecule is CCNC(=NCC(O)c1ccc(Cl)s1)NC1CCOc2ccccc21.I. The fourth-order valence-corrected chi connectivity index (χ4v) is 3.79. The summed E-state index contributed by atoms with van der Waals surface area (Å²) in [6.07, 6.45) is 0.208. The number of aliphatic hydroxyl groups excluding tert-OH is 1. The highest BCUT2D eigenvalue weighted by atomic mass is 127. The number of ether oxygens (including phenoxy) is 1. The number of nitrogens with one attached hydrogen (secondary N) is 2. The molecule has 3 rings (SSSR count). The van der Waals surface area contributed by atoms with E-state index in [1.54, 1.807) is 6.07 Å². The van der Waals surface area contributed by atoms with Crippen molar-refractivity contribution in [2.24, 2.45) is 4.99 Å². The Bertz CT molecular complexity index is 741. The minimum Gasteiger partial charge on any atom is -0.493 e. The lowest BCUT2D eigenvalue weighted by Crippen LogP contribution is -2.41. The molecule has 142 valence electrons. The van der Waals surface area contributed by atoms with Gasteiger partial charge in [0.1, 0.15) is 11.9 Å². The van der Waals surface area contributed by atoms with Crippen LogP contribution in [0.2, 0.25) is 4.34 Å². The van der Waals surface area contributed by atoms with E-state index in [2.05, 4.69) is 21.7 Å². The number of aliphatic imine (C=N–C) groups is 1. The van der Waals surface area contributed by atoms with Crippen LogP contribution in [0.3, 0.4) is 0 Å². The van der Waals surface area contributed by atoms with E-state index in [-0.39, 0.29) is 36.6 Å². The van der Waals surface area contributed by atoms with Gasteiger partial charge in [0.05, 0.1) is 23.5 Å². The summed E-state index contributed by atoms with van der Waals surface area (Å²) in [5.74, 6) is 1.60. The number of thiophene rings is 1. The first-order chi connectivity index (χ1) is 12.2. The third-order valence-corrected chi connectivity index (χ3v) is 5.29. The molecule has 0 amide bonds. The van der Waals surface area contributed by atoms with Crippen molar-refractivity contribution in [1.29, 1.82) is 0 Å². The highest BCUT2D eigenvalue weighted by Crippen LogP contribution is 2.31. The van der Waals surface area contributed by atoms with Crippen LogP contribution in [-0.4, -0.2) is 30.8 Å². The molecule has 2 aromatic rings. The summed E-state index contributed by atoms with van der Waals surface area (Å²) in [6, 6.07) is 11.8.